The van der Waals surface area contributed by atoms with E-state index in [9.17, 15) is 19.2 Å². The predicted molar refractivity (Wildman–Crippen MR) is 166 cm³/mol. The molecule has 10 nitrogen and oxygen atoms in total. The van der Waals surface area contributed by atoms with Crippen LogP contribution in [0.3, 0.4) is 0 Å². The van der Waals surface area contributed by atoms with Crippen molar-refractivity contribution in [2.45, 2.75) is 50.2 Å². The molecule has 4 rings (SSSR count). The van der Waals surface area contributed by atoms with Crippen LogP contribution in [0.2, 0.25) is 0 Å². The molecule has 3 aromatic carbocycles. The minimum atomic E-state index is -1.12. The zero-order chi connectivity index (χ0) is 30.6. The maximum atomic E-state index is 13.6. The number of nitrogens with two attached hydrogens (primary N) is 2. The highest BCUT2D eigenvalue weighted by Gasteiger charge is 2.29. The fourth-order valence-corrected chi connectivity index (χ4v) is 4.89. The van der Waals surface area contributed by atoms with Crippen LogP contribution in [0.1, 0.15) is 29.5 Å². The summed E-state index contributed by atoms with van der Waals surface area (Å²) < 4.78 is 0. The Kier molecular flexibility index (Phi) is 11.0. The lowest BCUT2D eigenvalue weighted by Crippen LogP contribution is -2.56. The molecule has 0 aliphatic carbocycles. The molecule has 2 unspecified atom stereocenters. The molecule has 4 amide bonds. The van der Waals surface area contributed by atoms with Gasteiger partial charge in [-0.25, -0.2) is 0 Å². The van der Waals surface area contributed by atoms with Gasteiger partial charge in [-0.15, -0.1) is 0 Å². The number of aromatic amines is 1. The lowest BCUT2D eigenvalue weighted by Gasteiger charge is -2.24. The molecule has 4 aromatic rings. The Morgan fingerprint density at radius 3 is 2.05 bits per heavy atom. The maximum absolute atomic E-state index is 13.6. The Balaban J connectivity index is 1.48. The minimum Gasteiger partial charge on any atom is -0.370 e. The van der Waals surface area contributed by atoms with Crippen LogP contribution in [0, 0.1) is 0 Å². The lowest BCUT2D eigenvalue weighted by atomic mass is 10.0. The van der Waals surface area contributed by atoms with E-state index in [-0.39, 0.29) is 31.6 Å². The zero-order valence-electron chi connectivity index (χ0n) is 23.9. The van der Waals surface area contributed by atoms with E-state index in [1.54, 1.807) is 0 Å². The van der Waals surface area contributed by atoms with Gasteiger partial charge in [0.1, 0.15) is 12.1 Å². The number of H-pyrrole nitrogens is 1. The van der Waals surface area contributed by atoms with Gasteiger partial charge in [0.15, 0.2) is 0 Å². The van der Waals surface area contributed by atoms with Crippen molar-refractivity contribution in [2.75, 3.05) is 6.54 Å². The quantitative estimate of drug-likeness (QED) is 0.125. The first-order chi connectivity index (χ1) is 20.8. The van der Waals surface area contributed by atoms with Gasteiger partial charge < -0.3 is 32.4 Å². The van der Waals surface area contributed by atoms with Gasteiger partial charge in [-0.2, -0.15) is 0 Å². The maximum Gasteiger partial charge on any atom is 0.243 e. The van der Waals surface area contributed by atoms with Crippen LogP contribution in [0.5, 0.6) is 0 Å². The van der Waals surface area contributed by atoms with Crippen LogP contribution >= 0.6 is 0 Å². The van der Waals surface area contributed by atoms with E-state index in [0.717, 1.165) is 27.6 Å². The molecule has 0 aliphatic heterocycles. The van der Waals surface area contributed by atoms with Crippen LogP contribution < -0.4 is 27.4 Å². The number of rotatable bonds is 15. The molecule has 10 heteroatoms. The van der Waals surface area contributed by atoms with E-state index in [1.165, 1.54) is 0 Å². The second-order valence-corrected chi connectivity index (χ2v) is 10.5. The van der Waals surface area contributed by atoms with E-state index in [2.05, 4.69) is 20.9 Å². The molecular formula is C33H38N6O4. The van der Waals surface area contributed by atoms with Crippen molar-refractivity contribution in [3.8, 4) is 0 Å². The lowest BCUT2D eigenvalue weighted by molar-refractivity contribution is -0.132. The van der Waals surface area contributed by atoms with E-state index >= 15 is 0 Å². The van der Waals surface area contributed by atoms with Crippen molar-refractivity contribution in [3.63, 3.8) is 0 Å². The Morgan fingerprint density at radius 1 is 0.721 bits per heavy atom. The summed E-state index contributed by atoms with van der Waals surface area (Å²) in [6, 6.07) is 23.7. The second kappa shape index (κ2) is 15.3. The van der Waals surface area contributed by atoms with Crippen molar-refractivity contribution in [1.29, 1.82) is 0 Å². The topological polar surface area (TPSA) is 172 Å². The Labute approximate surface area is 250 Å². The average molecular weight is 583 g/mol. The third-order valence-electron chi connectivity index (χ3n) is 7.24. The molecule has 0 fully saturated rings. The highest BCUT2D eigenvalue weighted by Crippen LogP contribution is 2.19. The normalized spacial score (nSPS) is 13.0. The summed E-state index contributed by atoms with van der Waals surface area (Å²) in [6.45, 7) is 0.374. The standard InChI is InChI=1S/C33H38N6O4/c34-26(19-23-11-5-2-6-12-23)31(41)38-28(15-16-30(35)40)33(43)39-29(20-24-21-37-27-14-8-7-13-25(24)27)32(42)36-18-17-22-9-3-1-4-10-22/h1-14,21,26,28-29,37H,15-20,34H2,(H2,35,40)(H,36,42)(H,38,41)(H,39,43)/t26-,28?,29?/m1/s1. The summed E-state index contributed by atoms with van der Waals surface area (Å²) in [7, 11) is 0. The number of carbonyl (C=O) groups is 4. The molecule has 0 bridgehead atoms. The van der Waals surface area contributed by atoms with Crippen LogP contribution in [0.25, 0.3) is 10.9 Å². The third-order valence-corrected chi connectivity index (χ3v) is 7.24. The molecule has 0 aliphatic rings. The smallest absolute Gasteiger partial charge is 0.243 e. The van der Waals surface area contributed by atoms with Crippen LogP contribution in [-0.2, 0) is 38.4 Å². The van der Waals surface area contributed by atoms with E-state index in [0.29, 0.717) is 13.0 Å². The molecule has 0 radical (unpaired) electrons. The molecular weight excluding hydrogens is 544 g/mol. The van der Waals surface area contributed by atoms with Gasteiger partial charge >= 0.3 is 0 Å². The molecule has 0 saturated carbocycles. The Hall–Kier alpha value is -4.96. The first-order valence-electron chi connectivity index (χ1n) is 14.4. The first-order valence-corrected chi connectivity index (χ1v) is 14.4. The number of hydrogen-bond donors (Lipinski definition) is 6. The summed E-state index contributed by atoms with van der Waals surface area (Å²) in [5, 5.41) is 9.34. The highest BCUT2D eigenvalue weighted by atomic mass is 16.2. The van der Waals surface area contributed by atoms with Gasteiger partial charge in [0.05, 0.1) is 6.04 Å². The molecule has 3 atom stereocenters. The number of carbonyl (C=O) groups excluding carboxylic acids is 4. The van der Waals surface area contributed by atoms with Crippen molar-refractivity contribution < 1.29 is 19.2 Å². The minimum absolute atomic E-state index is 0.0413. The zero-order valence-corrected chi connectivity index (χ0v) is 23.9. The number of nitrogens with one attached hydrogen (secondary N) is 4. The second-order valence-electron chi connectivity index (χ2n) is 10.5. The van der Waals surface area contributed by atoms with Crippen molar-refractivity contribution in [1.82, 2.24) is 20.9 Å². The third kappa shape index (κ3) is 9.27. The molecule has 224 valence electrons. The average Bonchev–Trinajstić information content (AvgIpc) is 3.42. The number of primary amides is 1. The summed E-state index contributed by atoms with van der Waals surface area (Å²) >= 11 is 0. The highest BCUT2D eigenvalue weighted by molar-refractivity contribution is 5.94. The first kappa shape index (κ1) is 31.0. The molecule has 43 heavy (non-hydrogen) atoms. The van der Waals surface area contributed by atoms with Crippen LogP contribution in [0.15, 0.2) is 91.1 Å². The monoisotopic (exact) mass is 582 g/mol. The summed E-state index contributed by atoms with van der Waals surface area (Å²) in [6.07, 6.45) is 2.73. The van der Waals surface area contributed by atoms with Crippen molar-refractivity contribution >= 4 is 34.5 Å². The fourth-order valence-electron chi connectivity index (χ4n) is 4.89. The number of amides is 4. The van der Waals surface area contributed by atoms with E-state index < -0.39 is 35.8 Å². The van der Waals surface area contributed by atoms with Gasteiger partial charge in [-0.1, -0.05) is 78.9 Å². The molecule has 0 saturated heterocycles. The van der Waals surface area contributed by atoms with Crippen molar-refractivity contribution in [3.05, 3.63) is 108 Å². The molecule has 0 spiro atoms. The van der Waals surface area contributed by atoms with Crippen molar-refractivity contribution in [2.24, 2.45) is 11.5 Å². The SMILES string of the molecule is NC(=O)CCC(NC(=O)[C@H](N)Cc1ccccc1)C(=O)NC(Cc1c[nH]c2ccccc12)C(=O)NCCc1ccccc1. The summed E-state index contributed by atoms with van der Waals surface area (Å²) in [5.74, 6) is -2.14. The van der Waals surface area contributed by atoms with Gasteiger partial charge in [-0.05, 0) is 42.0 Å². The summed E-state index contributed by atoms with van der Waals surface area (Å²) in [5.41, 5.74) is 15.2. The van der Waals surface area contributed by atoms with Crippen LogP contribution in [-0.4, -0.2) is 53.3 Å². The largest absolute Gasteiger partial charge is 0.370 e. The van der Waals surface area contributed by atoms with Gasteiger partial charge in [0.25, 0.3) is 0 Å². The number of hydrogen-bond acceptors (Lipinski definition) is 5. The fraction of sp³-hybridized carbons (Fsp3) is 0.273. The van der Waals surface area contributed by atoms with E-state index in [4.69, 9.17) is 11.5 Å². The molecule has 1 aromatic heterocycles. The van der Waals surface area contributed by atoms with Gasteiger partial charge in [-0.3, -0.25) is 19.2 Å². The number of fused-ring (bicyclic) bond motifs is 1. The molecule has 1 heterocycles. The van der Waals surface area contributed by atoms with Gasteiger partial charge in [0, 0.05) is 36.5 Å². The predicted octanol–water partition coefficient (Wildman–Crippen LogP) is 1.87. The van der Waals surface area contributed by atoms with E-state index in [1.807, 2.05) is 91.1 Å². The Morgan fingerprint density at radius 2 is 1.35 bits per heavy atom. The Bertz CT molecular complexity index is 1520. The number of para-hydroxylation sites is 1. The molecule has 8 N–H and O–H groups in total. The number of aromatic nitrogens is 1. The van der Waals surface area contributed by atoms with Gasteiger partial charge in [0.2, 0.25) is 23.6 Å². The van der Waals surface area contributed by atoms with Crippen LogP contribution in [0.4, 0.5) is 0 Å². The number of benzene rings is 3. The summed E-state index contributed by atoms with van der Waals surface area (Å²) in [4.78, 5) is 54.8.